The van der Waals surface area contributed by atoms with Crippen LogP contribution in [0.5, 0.6) is 11.5 Å². The zero-order chi connectivity index (χ0) is 20.0. The Morgan fingerprint density at radius 3 is 1.54 bits per heavy atom. The van der Waals surface area contributed by atoms with Crippen LogP contribution in [0.1, 0.15) is 57.1 Å². The molecule has 2 N–H and O–H groups in total. The monoisotopic (exact) mass is 374 g/mol. The summed E-state index contributed by atoms with van der Waals surface area (Å²) in [6, 6.07) is 23.7. The van der Waals surface area contributed by atoms with Gasteiger partial charge in [-0.2, -0.15) is 0 Å². The van der Waals surface area contributed by atoms with Gasteiger partial charge in [-0.15, -0.1) is 0 Å². The van der Waals surface area contributed by atoms with Crippen LogP contribution in [-0.2, 0) is 5.41 Å². The first-order valence-corrected chi connectivity index (χ1v) is 10.2. The van der Waals surface area contributed by atoms with E-state index < -0.39 is 0 Å². The molecule has 2 nitrogen and oxygen atoms in total. The van der Waals surface area contributed by atoms with E-state index in [1.807, 2.05) is 24.3 Å². The van der Waals surface area contributed by atoms with Gasteiger partial charge < -0.3 is 10.2 Å². The van der Waals surface area contributed by atoms with Crippen LogP contribution in [0.25, 0.3) is 11.1 Å². The molecule has 3 aromatic carbocycles. The van der Waals surface area contributed by atoms with Crippen molar-refractivity contribution in [2.24, 2.45) is 0 Å². The van der Waals surface area contributed by atoms with Gasteiger partial charge in [0, 0.05) is 5.41 Å². The highest BCUT2D eigenvalue weighted by molar-refractivity contribution is 5.65. The highest BCUT2D eigenvalue weighted by Gasteiger charge is 2.28. The Morgan fingerprint density at radius 1 is 0.607 bits per heavy atom. The van der Waals surface area contributed by atoms with Crippen LogP contribution in [0.3, 0.4) is 0 Å². The molecule has 0 spiro atoms. The lowest BCUT2D eigenvalue weighted by molar-refractivity contribution is 0.466. The van der Waals surface area contributed by atoms with Gasteiger partial charge in [-0.05, 0) is 52.9 Å². The highest BCUT2D eigenvalue weighted by atomic mass is 16.3. The third kappa shape index (κ3) is 4.56. The topological polar surface area (TPSA) is 40.5 Å². The minimum absolute atomic E-state index is 0.0884. The van der Waals surface area contributed by atoms with Crippen LogP contribution in [0.2, 0.25) is 0 Å². The molecule has 0 aliphatic carbocycles. The lowest BCUT2D eigenvalue weighted by Gasteiger charge is -2.31. The van der Waals surface area contributed by atoms with E-state index in [9.17, 15) is 10.2 Å². The van der Waals surface area contributed by atoms with Crippen LogP contribution in [-0.4, -0.2) is 10.2 Å². The molecule has 0 heterocycles. The number of benzene rings is 3. The summed E-state index contributed by atoms with van der Waals surface area (Å²) in [6.45, 7) is 4.54. The highest BCUT2D eigenvalue weighted by Crippen LogP contribution is 2.38. The van der Waals surface area contributed by atoms with Crippen molar-refractivity contribution in [3.8, 4) is 22.6 Å². The molecule has 3 aromatic rings. The minimum atomic E-state index is -0.0884. The van der Waals surface area contributed by atoms with Crippen LogP contribution in [0.15, 0.2) is 72.8 Å². The summed E-state index contributed by atoms with van der Waals surface area (Å²) in [5.74, 6) is 0.590. The lowest BCUT2D eigenvalue weighted by atomic mass is 9.72. The number of hydrogen-bond donors (Lipinski definition) is 2. The predicted octanol–water partition coefficient (Wildman–Crippen LogP) is 7.04. The summed E-state index contributed by atoms with van der Waals surface area (Å²) >= 11 is 0. The van der Waals surface area contributed by atoms with Crippen molar-refractivity contribution in [2.75, 3.05) is 0 Å². The average Bonchev–Trinajstić information content (AvgIpc) is 2.72. The van der Waals surface area contributed by atoms with Gasteiger partial charge in [-0.1, -0.05) is 88.1 Å². The lowest BCUT2D eigenvalue weighted by Crippen LogP contribution is -2.23. The van der Waals surface area contributed by atoms with Crippen molar-refractivity contribution in [1.29, 1.82) is 0 Å². The van der Waals surface area contributed by atoms with Gasteiger partial charge in [-0.25, -0.2) is 0 Å². The van der Waals surface area contributed by atoms with Gasteiger partial charge >= 0.3 is 0 Å². The summed E-state index contributed by atoms with van der Waals surface area (Å²) in [6.07, 6.45) is 6.01. The van der Waals surface area contributed by atoms with Crippen molar-refractivity contribution in [3.05, 3.63) is 83.9 Å². The average molecular weight is 375 g/mol. The molecule has 2 heteroatoms. The largest absolute Gasteiger partial charge is 0.508 e. The molecule has 0 aliphatic rings. The molecule has 0 saturated heterocycles. The molecule has 0 saturated carbocycles. The molecule has 3 rings (SSSR count). The molecule has 1 unspecified atom stereocenters. The van der Waals surface area contributed by atoms with E-state index in [0.29, 0.717) is 5.75 Å². The number of phenolic OH excluding ortho intramolecular Hbond substituents is 2. The molecular weight excluding hydrogens is 344 g/mol. The molecule has 0 bridgehead atoms. The van der Waals surface area contributed by atoms with E-state index in [1.54, 1.807) is 24.3 Å². The van der Waals surface area contributed by atoms with E-state index in [2.05, 4.69) is 38.1 Å². The first kappa shape index (κ1) is 20.0. The van der Waals surface area contributed by atoms with E-state index in [-0.39, 0.29) is 11.2 Å². The third-order valence-electron chi connectivity index (χ3n) is 5.76. The van der Waals surface area contributed by atoms with Crippen LogP contribution < -0.4 is 0 Å². The van der Waals surface area contributed by atoms with E-state index in [1.165, 1.54) is 36.8 Å². The normalized spacial score (nSPS) is 13.2. The van der Waals surface area contributed by atoms with Crippen molar-refractivity contribution >= 4 is 0 Å². The van der Waals surface area contributed by atoms with Gasteiger partial charge in [0.15, 0.2) is 0 Å². The SMILES string of the molecule is CCCCCCC(C)(c1ccc(O)cc1)c1ccc(-c2ccc(O)cc2)cc1. The quantitative estimate of drug-likeness (QED) is 0.415. The first-order chi connectivity index (χ1) is 13.5. The Hall–Kier alpha value is -2.74. The van der Waals surface area contributed by atoms with Gasteiger partial charge in [0.05, 0.1) is 0 Å². The van der Waals surface area contributed by atoms with Crippen molar-refractivity contribution in [1.82, 2.24) is 0 Å². The summed E-state index contributed by atoms with van der Waals surface area (Å²) < 4.78 is 0. The second-order valence-corrected chi connectivity index (χ2v) is 7.81. The summed E-state index contributed by atoms with van der Waals surface area (Å²) in [7, 11) is 0. The maximum atomic E-state index is 9.70. The molecule has 0 amide bonds. The van der Waals surface area contributed by atoms with Crippen LogP contribution in [0.4, 0.5) is 0 Å². The molecule has 146 valence electrons. The molecule has 1 atom stereocenters. The minimum Gasteiger partial charge on any atom is -0.508 e. The second kappa shape index (κ2) is 8.97. The van der Waals surface area contributed by atoms with Crippen LogP contribution in [0, 0.1) is 0 Å². The molecular formula is C26H30O2. The fourth-order valence-electron chi connectivity index (χ4n) is 3.87. The number of unbranched alkanes of at least 4 members (excludes halogenated alkanes) is 3. The molecule has 0 aromatic heterocycles. The summed E-state index contributed by atoms with van der Waals surface area (Å²) in [5.41, 5.74) is 4.67. The standard InChI is InChI=1S/C26H30O2/c1-3-4-5-6-19-26(2,23-13-17-25(28)18-14-23)22-11-7-20(8-12-22)21-9-15-24(27)16-10-21/h7-18,27-28H,3-6,19H2,1-2H3. The van der Waals surface area contributed by atoms with Gasteiger partial charge in [0.2, 0.25) is 0 Å². The summed E-state index contributed by atoms with van der Waals surface area (Å²) in [5, 5.41) is 19.2. The van der Waals surface area contributed by atoms with Gasteiger partial charge in [-0.3, -0.25) is 0 Å². The third-order valence-corrected chi connectivity index (χ3v) is 5.76. The Morgan fingerprint density at radius 2 is 1.04 bits per heavy atom. The smallest absolute Gasteiger partial charge is 0.115 e. The Kier molecular flexibility index (Phi) is 6.41. The van der Waals surface area contributed by atoms with Gasteiger partial charge in [0.25, 0.3) is 0 Å². The van der Waals surface area contributed by atoms with Crippen LogP contribution >= 0.6 is 0 Å². The Labute approximate surface area is 168 Å². The predicted molar refractivity (Wildman–Crippen MR) is 117 cm³/mol. The number of aromatic hydroxyl groups is 2. The molecule has 0 radical (unpaired) electrons. The zero-order valence-corrected chi connectivity index (χ0v) is 16.9. The zero-order valence-electron chi connectivity index (χ0n) is 16.9. The molecule has 0 aliphatic heterocycles. The summed E-state index contributed by atoms with van der Waals surface area (Å²) in [4.78, 5) is 0. The van der Waals surface area contributed by atoms with Crippen molar-refractivity contribution < 1.29 is 10.2 Å². The molecule has 28 heavy (non-hydrogen) atoms. The maximum absolute atomic E-state index is 9.70. The van der Waals surface area contributed by atoms with Crippen molar-refractivity contribution in [3.63, 3.8) is 0 Å². The first-order valence-electron chi connectivity index (χ1n) is 10.2. The van der Waals surface area contributed by atoms with Gasteiger partial charge in [0.1, 0.15) is 11.5 Å². The molecule has 0 fully saturated rings. The number of rotatable bonds is 8. The fraction of sp³-hybridized carbons (Fsp3) is 0.308. The number of phenols is 2. The van der Waals surface area contributed by atoms with E-state index in [4.69, 9.17) is 0 Å². The Balaban J connectivity index is 1.90. The van der Waals surface area contributed by atoms with E-state index in [0.717, 1.165) is 17.5 Å². The second-order valence-electron chi connectivity index (χ2n) is 7.81. The van der Waals surface area contributed by atoms with E-state index >= 15 is 0 Å². The maximum Gasteiger partial charge on any atom is 0.115 e. The fourth-order valence-corrected chi connectivity index (χ4v) is 3.87. The number of hydrogen-bond acceptors (Lipinski definition) is 2. The van der Waals surface area contributed by atoms with Crippen molar-refractivity contribution in [2.45, 2.75) is 51.4 Å². The Bertz CT molecular complexity index is 864.